The molecule has 172 valence electrons. The third-order valence-corrected chi connectivity index (χ3v) is 6.86. The maximum Gasteiger partial charge on any atom is 0.0422 e. The summed E-state index contributed by atoms with van der Waals surface area (Å²) in [5, 5.41) is 3.86. The van der Waals surface area contributed by atoms with Crippen molar-refractivity contribution in [1.29, 1.82) is 0 Å². The zero-order valence-corrected chi connectivity index (χ0v) is 21.5. The molecule has 0 saturated heterocycles. The van der Waals surface area contributed by atoms with E-state index in [1.807, 2.05) is 0 Å². The average molecular weight is 422 g/mol. The Morgan fingerprint density at radius 1 is 0.645 bits per heavy atom. The molecule has 0 amide bonds. The van der Waals surface area contributed by atoms with Gasteiger partial charge in [-0.1, -0.05) is 117 Å². The Labute approximate surface area is 193 Å². The van der Waals surface area contributed by atoms with E-state index in [1.165, 1.54) is 61.0 Å². The van der Waals surface area contributed by atoms with Crippen LogP contribution < -0.4 is 5.32 Å². The van der Waals surface area contributed by atoms with Crippen LogP contribution in [0.15, 0.2) is 48.5 Å². The highest BCUT2D eigenvalue weighted by molar-refractivity contribution is 5.68. The molecule has 2 rings (SSSR count). The monoisotopic (exact) mass is 421 g/mol. The van der Waals surface area contributed by atoms with Gasteiger partial charge < -0.3 is 5.32 Å². The van der Waals surface area contributed by atoms with E-state index in [2.05, 4.69) is 109 Å². The van der Waals surface area contributed by atoms with E-state index >= 15 is 0 Å². The van der Waals surface area contributed by atoms with Gasteiger partial charge in [0.25, 0.3) is 0 Å². The lowest BCUT2D eigenvalue weighted by Crippen LogP contribution is -2.24. The molecule has 0 radical (unpaired) electrons. The quantitative estimate of drug-likeness (QED) is 0.359. The number of anilines is 2. The normalized spacial score (nSPS) is 14.3. The third-order valence-electron chi connectivity index (χ3n) is 6.86. The van der Waals surface area contributed by atoms with Crippen molar-refractivity contribution in [1.82, 2.24) is 0 Å². The van der Waals surface area contributed by atoms with Crippen molar-refractivity contribution >= 4 is 11.4 Å². The van der Waals surface area contributed by atoms with Gasteiger partial charge in [0.15, 0.2) is 0 Å². The molecular weight excluding hydrogens is 374 g/mol. The molecule has 0 spiro atoms. The number of hydrogen-bond acceptors (Lipinski definition) is 1. The molecule has 2 aromatic carbocycles. The maximum atomic E-state index is 3.86. The van der Waals surface area contributed by atoms with Crippen LogP contribution in [0, 0.1) is 11.8 Å². The summed E-state index contributed by atoms with van der Waals surface area (Å²) in [5.74, 6) is 1.47. The first-order valence-electron chi connectivity index (χ1n) is 12.6. The van der Waals surface area contributed by atoms with Crippen LogP contribution in [0.1, 0.15) is 105 Å². The molecule has 0 aliphatic rings. The molecule has 1 N–H and O–H groups in total. The summed E-state index contributed by atoms with van der Waals surface area (Å²) in [4.78, 5) is 0. The van der Waals surface area contributed by atoms with Gasteiger partial charge >= 0.3 is 0 Å². The van der Waals surface area contributed by atoms with E-state index in [1.54, 1.807) is 0 Å². The van der Waals surface area contributed by atoms with Crippen LogP contribution in [0.3, 0.4) is 0 Å². The van der Waals surface area contributed by atoms with Gasteiger partial charge in [-0.25, -0.2) is 0 Å². The lowest BCUT2D eigenvalue weighted by Gasteiger charge is -2.33. The second-order valence-electron chi connectivity index (χ2n) is 11.2. The third kappa shape index (κ3) is 7.13. The van der Waals surface area contributed by atoms with Crippen molar-refractivity contribution in [3.05, 3.63) is 59.7 Å². The van der Waals surface area contributed by atoms with Gasteiger partial charge in [0.05, 0.1) is 0 Å². The van der Waals surface area contributed by atoms with Crippen molar-refractivity contribution in [2.24, 2.45) is 11.8 Å². The summed E-state index contributed by atoms with van der Waals surface area (Å²) in [5.41, 5.74) is 5.62. The Morgan fingerprint density at radius 2 is 1.00 bits per heavy atom. The Morgan fingerprint density at radius 3 is 1.35 bits per heavy atom. The fourth-order valence-corrected chi connectivity index (χ4v) is 5.66. The smallest absolute Gasteiger partial charge is 0.0422 e. The van der Waals surface area contributed by atoms with E-state index in [0.717, 1.165) is 11.8 Å². The Bertz CT molecular complexity index is 734. The largest absolute Gasteiger partial charge is 0.355 e. The highest BCUT2D eigenvalue weighted by Crippen LogP contribution is 2.40. The van der Waals surface area contributed by atoms with Crippen molar-refractivity contribution in [2.75, 3.05) is 5.32 Å². The number of benzene rings is 2. The lowest BCUT2D eigenvalue weighted by atomic mass is 9.75. The molecule has 0 bridgehead atoms. The molecule has 0 fully saturated rings. The summed E-state index contributed by atoms with van der Waals surface area (Å²) < 4.78 is 0. The molecule has 2 atom stereocenters. The van der Waals surface area contributed by atoms with E-state index in [9.17, 15) is 0 Å². The summed E-state index contributed by atoms with van der Waals surface area (Å²) in [6, 6.07) is 17.8. The van der Waals surface area contributed by atoms with Crippen LogP contribution in [-0.2, 0) is 10.8 Å². The minimum Gasteiger partial charge on any atom is -0.355 e. The summed E-state index contributed by atoms with van der Waals surface area (Å²) in [6.45, 7) is 19.0. The van der Waals surface area contributed by atoms with E-state index < -0.39 is 0 Å². The van der Waals surface area contributed by atoms with Crippen LogP contribution in [0.2, 0.25) is 0 Å². The van der Waals surface area contributed by atoms with Crippen LogP contribution in [0.5, 0.6) is 0 Å². The van der Waals surface area contributed by atoms with E-state index in [0.29, 0.717) is 0 Å². The zero-order chi connectivity index (χ0) is 23.1. The van der Waals surface area contributed by atoms with Crippen molar-refractivity contribution in [3.63, 3.8) is 0 Å². The average Bonchev–Trinajstić information content (AvgIpc) is 2.68. The molecule has 1 heteroatoms. The molecule has 1 nitrogen and oxygen atoms in total. The van der Waals surface area contributed by atoms with E-state index in [4.69, 9.17) is 0 Å². The minimum absolute atomic E-state index is 0.137. The molecule has 0 aliphatic carbocycles. The van der Waals surface area contributed by atoms with Crippen molar-refractivity contribution in [3.8, 4) is 0 Å². The number of nitrogens with one attached hydrogen (secondary N) is 1. The van der Waals surface area contributed by atoms with Crippen LogP contribution in [-0.4, -0.2) is 0 Å². The molecule has 31 heavy (non-hydrogen) atoms. The second-order valence-corrected chi connectivity index (χ2v) is 11.2. The molecule has 0 saturated carbocycles. The zero-order valence-electron chi connectivity index (χ0n) is 21.5. The first kappa shape index (κ1) is 25.5. The number of rotatable bonds is 12. The fourth-order valence-electron chi connectivity index (χ4n) is 5.66. The lowest BCUT2D eigenvalue weighted by molar-refractivity contribution is 0.361. The predicted molar refractivity (Wildman–Crippen MR) is 140 cm³/mol. The minimum atomic E-state index is 0.137. The van der Waals surface area contributed by atoms with Gasteiger partial charge in [0, 0.05) is 11.4 Å². The Kier molecular flexibility index (Phi) is 9.22. The fraction of sp³-hybridized carbons (Fsp3) is 0.600. The first-order chi connectivity index (χ1) is 14.6. The Hall–Kier alpha value is -1.76. The Balaban J connectivity index is 2.35. The molecule has 2 aromatic rings. The summed E-state index contributed by atoms with van der Waals surface area (Å²) >= 11 is 0. The van der Waals surface area contributed by atoms with Crippen LogP contribution in [0.25, 0.3) is 0 Å². The van der Waals surface area contributed by atoms with E-state index in [-0.39, 0.29) is 10.8 Å². The van der Waals surface area contributed by atoms with Gasteiger partial charge in [-0.3, -0.25) is 0 Å². The molecule has 2 unspecified atom stereocenters. The maximum absolute atomic E-state index is 3.86. The molecule has 0 heterocycles. The summed E-state index contributed by atoms with van der Waals surface area (Å²) in [6.07, 6.45) is 7.53. The van der Waals surface area contributed by atoms with Crippen LogP contribution >= 0.6 is 0 Å². The standard InChI is InChI=1S/C30H47N/c1-9-15-23(3)21-29(5,6)25-17-11-13-19-27(25)31-28-20-14-12-18-26(28)30(7,8)22-24(4)16-10-2/h11-14,17-20,23-24,31H,9-10,15-16,21-22H2,1-8H3. The first-order valence-corrected chi connectivity index (χ1v) is 12.6. The van der Waals surface area contributed by atoms with Gasteiger partial charge in [-0.15, -0.1) is 0 Å². The van der Waals surface area contributed by atoms with Gasteiger partial charge in [0.1, 0.15) is 0 Å². The second kappa shape index (κ2) is 11.2. The summed E-state index contributed by atoms with van der Waals surface area (Å²) in [7, 11) is 0. The molecule has 0 aromatic heterocycles. The SMILES string of the molecule is CCCC(C)CC(C)(C)c1ccccc1Nc1ccccc1C(C)(C)CC(C)CCC. The molecule has 0 aliphatic heterocycles. The number of para-hydroxylation sites is 2. The van der Waals surface area contributed by atoms with Gasteiger partial charge in [-0.2, -0.15) is 0 Å². The van der Waals surface area contributed by atoms with Crippen molar-refractivity contribution in [2.45, 2.75) is 105 Å². The highest BCUT2D eigenvalue weighted by Gasteiger charge is 2.28. The highest BCUT2D eigenvalue weighted by atomic mass is 14.9. The van der Waals surface area contributed by atoms with Crippen molar-refractivity contribution < 1.29 is 0 Å². The van der Waals surface area contributed by atoms with Gasteiger partial charge in [-0.05, 0) is 58.8 Å². The topological polar surface area (TPSA) is 12.0 Å². The van der Waals surface area contributed by atoms with Gasteiger partial charge in [0.2, 0.25) is 0 Å². The predicted octanol–water partition coefficient (Wildman–Crippen LogP) is 9.64. The molecular formula is C30H47N. The number of hydrogen-bond donors (Lipinski definition) is 1. The van der Waals surface area contributed by atoms with Crippen LogP contribution in [0.4, 0.5) is 11.4 Å².